The van der Waals surface area contributed by atoms with E-state index in [1.54, 1.807) is 0 Å². The maximum Gasteiger partial charge on any atom is 0.0691 e. The lowest BCUT2D eigenvalue weighted by molar-refractivity contribution is 0.128. The summed E-state index contributed by atoms with van der Waals surface area (Å²) in [5.41, 5.74) is 5.58. The topological polar surface area (TPSA) is 52.3 Å². The second-order valence-corrected chi connectivity index (χ2v) is 5.33. The van der Waals surface area contributed by atoms with Crippen LogP contribution < -0.4 is 5.73 Å². The van der Waals surface area contributed by atoms with Crippen LogP contribution in [-0.2, 0) is 15.5 Å². The summed E-state index contributed by atoms with van der Waals surface area (Å²) >= 11 is 0. The van der Waals surface area contributed by atoms with Gasteiger partial charge in [-0.25, -0.2) is 0 Å². The Labute approximate surface area is 82.5 Å². The van der Waals surface area contributed by atoms with E-state index in [1.165, 1.54) is 0 Å². The predicted octanol–water partition coefficient (Wildman–Crippen LogP) is 0.651. The quantitative estimate of drug-likeness (QED) is 0.717. The standard InChI is InChI=1S/C9H19NO2S/c1-8(10)4-6-13(11)7-9-3-2-5-12-9/h8-9H,2-7,10H2,1H3. The first-order valence-electron chi connectivity index (χ1n) is 4.90. The molecule has 0 aliphatic carbocycles. The molecule has 1 heterocycles. The van der Waals surface area contributed by atoms with E-state index in [0.717, 1.165) is 31.6 Å². The van der Waals surface area contributed by atoms with Crippen molar-refractivity contribution in [3.63, 3.8) is 0 Å². The largest absolute Gasteiger partial charge is 0.377 e. The van der Waals surface area contributed by atoms with Gasteiger partial charge >= 0.3 is 0 Å². The van der Waals surface area contributed by atoms with Crippen LogP contribution in [0.5, 0.6) is 0 Å². The van der Waals surface area contributed by atoms with E-state index in [-0.39, 0.29) is 12.1 Å². The summed E-state index contributed by atoms with van der Waals surface area (Å²) in [6.07, 6.45) is 3.28. The second-order valence-electron chi connectivity index (χ2n) is 3.71. The van der Waals surface area contributed by atoms with Crippen LogP contribution in [0.3, 0.4) is 0 Å². The first-order valence-corrected chi connectivity index (χ1v) is 6.39. The van der Waals surface area contributed by atoms with Crippen molar-refractivity contribution in [3.05, 3.63) is 0 Å². The molecule has 0 spiro atoms. The minimum atomic E-state index is -0.735. The summed E-state index contributed by atoms with van der Waals surface area (Å²) in [6.45, 7) is 2.79. The van der Waals surface area contributed by atoms with Crippen molar-refractivity contribution in [1.29, 1.82) is 0 Å². The monoisotopic (exact) mass is 205 g/mol. The maximum atomic E-state index is 11.5. The van der Waals surface area contributed by atoms with Gasteiger partial charge in [-0.3, -0.25) is 4.21 Å². The van der Waals surface area contributed by atoms with E-state index in [2.05, 4.69) is 0 Å². The summed E-state index contributed by atoms with van der Waals surface area (Å²) in [7, 11) is -0.735. The van der Waals surface area contributed by atoms with E-state index < -0.39 is 10.8 Å². The fourth-order valence-corrected chi connectivity index (χ4v) is 2.86. The predicted molar refractivity (Wildman–Crippen MR) is 55.1 cm³/mol. The lowest BCUT2D eigenvalue weighted by Crippen LogP contribution is -2.22. The lowest BCUT2D eigenvalue weighted by atomic mass is 10.3. The molecule has 3 atom stereocenters. The van der Waals surface area contributed by atoms with Crippen molar-refractivity contribution in [1.82, 2.24) is 0 Å². The Morgan fingerprint density at radius 3 is 3.00 bits per heavy atom. The van der Waals surface area contributed by atoms with Crippen LogP contribution >= 0.6 is 0 Å². The van der Waals surface area contributed by atoms with Crippen molar-refractivity contribution in [2.24, 2.45) is 5.73 Å². The highest BCUT2D eigenvalue weighted by molar-refractivity contribution is 7.85. The molecule has 0 aromatic heterocycles. The molecular weight excluding hydrogens is 186 g/mol. The molecule has 2 N–H and O–H groups in total. The van der Waals surface area contributed by atoms with Crippen molar-refractivity contribution >= 4 is 10.8 Å². The van der Waals surface area contributed by atoms with E-state index in [4.69, 9.17) is 10.5 Å². The summed E-state index contributed by atoms with van der Waals surface area (Å²) < 4.78 is 16.9. The Morgan fingerprint density at radius 2 is 2.46 bits per heavy atom. The van der Waals surface area contributed by atoms with Crippen LogP contribution in [0.25, 0.3) is 0 Å². The summed E-state index contributed by atoms with van der Waals surface area (Å²) in [4.78, 5) is 0. The molecule has 0 radical (unpaired) electrons. The molecule has 1 aliphatic heterocycles. The molecule has 0 aromatic rings. The van der Waals surface area contributed by atoms with Gasteiger partial charge in [-0.2, -0.15) is 0 Å². The molecule has 0 saturated carbocycles. The van der Waals surface area contributed by atoms with Crippen LogP contribution in [0, 0.1) is 0 Å². The molecular formula is C9H19NO2S. The molecule has 1 rings (SSSR count). The summed E-state index contributed by atoms with van der Waals surface area (Å²) in [5, 5.41) is 0. The Hall–Kier alpha value is 0.0700. The highest BCUT2D eigenvalue weighted by atomic mass is 32.2. The zero-order chi connectivity index (χ0) is 9.68. The number of hydrogen-bond acceptors (Lipinski definition) is 3. The van der Waals surface area contributed by atoms with Gasteiger partial charge in [-0.15, -0.1) is 0 Å². The molecule has 4 heteroatoms. The Morgan fingerprint density at radius 1 is 1.69 bits per heavy atom. The number of ether oxygens (including phenoxy) is 1. The highest BCUT2D eigenvalue weighted by Gasteiger charge is 2.18. The average Bonchev–Trinajstić information content (AvgIpc) is 2.53. The van der Waals surface area contributed by atoms with Crippen LogP contribution in [-0.4, -0.2) is 34.5 Å². The van der Waals surface area contributed by atoms with Crippen molar-refractivity contribution in [3.8, 4) is 0 Å². The molecule has 1 fully saturated rings. The summed E-state index contributed by atoms with van der Waals surface area (Å²) in [5.74, 6) is 1.42. The van der Waals surface area contributed by atoms with Gasteiger partial charge in [-0.05, 0) is 26.2 Å². The van der Waals surface area contributed by atoms with E-state index in [1.807, 2.05) is 6.92 Å². The maximum absolute atomic E-state index is 11.5. The third kappa shape index (κ3) is 4.74. The average molecular weight is 205 g/mol. The van der Waals surface area contributed by atoms with Gasteiger partial charge in [0.2, 0.25) is 0 Å². The van der Waals surface area contributed by atoms with Gasteiger partial charge in [0.1, 0.15) is 0 Å². The molecule has 13 heavy (non-hydrogen) atoms. The van der Waals surface area contributed by atoms with Gasteiger partial charge in [0.25, 0.3) is 0 Å². The van der Waals surface area contributed by atoms with Gasteiger partial charge in [0, 0.05) is 35.0 Å². The third-order valence-corrected chi connectivity index (χ3v) is 3.63. The second kappa shape index (κ2) is 5.73. The van der Waals surface area contributed by atoms with Gasteiger partial charge in [0.15, 0.2) is 0 Å². The normalized spacial score (nSPS) is 27.4. The van der Waals surface area contributed by atoms with Gasteiger partial charge in [-0.1, -0.05) is 0 Å². The molecule has 1 saturated heterocycles. The van der Waals surface area contributed by atoms with Gasteiger partial charge in [0.05, 0.1) is 6.10 Å². The number of hydrogen-bond donors (Lipinski definition) is 1. The minimum Gasteiger partial charge on any atom is -0.377 e. The van der Waals surface area contributed by atoms with Crippen LogP contribution in [0.2, 0.25) is 0 Å². The zero-order valence-corrected chi connectivity index (χ0v) is 9.02. The molecule has 0 amide bonds. The molecule has 0 aromatic carbocycles. The SMILES string of the molecule is CC(N)CCS(=O)CC1CCCO1. The fourth-order valence-electron chi connectivity index (χ4n) is 1.38. The smallest absolute Gasteiger partial charge is 0.0691 e. The van der Waals surface area contributed by atoms with Crippen LogP contribution in [0.15, 0.2) is 0 Å². The van der Waals surface area contributed by atoms with Crippen molar-refractivity contribution in [2.75, 3.05) is 18.1 Å². The highest BCUT2D eigenvalue weighted by Crippen LogP contribution is 2.13. The lowest BCUT2D eigenvalue weighted by Gasteiger charge is -2.09. The number of rotatable bonds is 5. The fraction of sp³-hybridized carbons (Fsp3) is 1.00. The Balaban J connectivity index is 2.09. The van der Waals surface area contributed by atoms with E-state index in [0.29, 0.717) is 5.75 Å². The Bertz CT molecular complexity index is 167. The van der Waals surface area contributed by atoms with Crippen molar-refractivity contribution < 1.29 is 8.95 Å². The molecule has 1 aliphatic rings. The van der Waals surface area contributed by atoms with E-state index in [9.17, 15) is 4.21 Å². The first-order chi connectivity index (χ1) is 6.18. The zero-order valence-electron chi connectivity index (χ0n) is 8.20. The van der Waals surface area contributed by atoms with Crippen LogP contribution in [0.1, 0.15) is 26.2 Å². The first kappa shape index (κ1) is 11.1. The summed E-state index contributed by atoms with van der Waals surface area (Å²) in [6, 6.07) is 0.161. The molecule has 0 bridgehead atoms. The van der Waals surface area contributed by atoms with Gasteiger partial charge < -0.3 is 10.5 Å². The third-order valence-electron chi connectivity index (χ3n) is 2.20. The van der Waals surface area contributed by atoms with Crippen LogP contribution in [0.4, 0.5) is 0 Å². The van der Waals surface area contributed by atoms with E-state index >= 15 is 0 Å². The molecule has 3 nitrogen and oxygen atoms in total. The van der Waals surface area contributed by atoms with Crippen molar-refractivity contribution in [2.45, 2.75) is 38.3 Å². The molecule has 3 unspecified atom stereocenters. The molecule has 78 valence electrons. The Kier molecular flexibility index (Phi) is 4.91. The number of nitrogens with two attached hydrogens (primary N) is 1. The minimum absolute atomic E-state index is 0.161.